The van der Waals surface area contributed by atoms with Gasteiger partial charge in [0.15, 0.2) is 11.6 Å². The number of unbranched alkanes of at least 4 members (excludes halogenated alkanes) is 4. The van der Waals surface area contributed by atoms with E-state index in [1.165, 1.54) is 0 Å². The predicted octanol–water partition coefficient (Wildman–Crippen LogP) is 10.4. The number of hydrogen-bond acceptors (Lipinski definition) is 8. The van der Waals surface area contributed by atoms with Gasteiger partial charge in [-0.15, -0.1) is 0 Å². The van der Waals surface area contributed by atoms with Gasteiger partial charge in [-0.2, -0.15) is 0 Å². The highest BCUT2D eigenvalue weighted by molar-refractivity contribution is 6.13. The fourth-order valence-electron chi connectivity index (χ4n) is 5.85. The molecule has 4 rings (SSSR count). The third-order valence-corrected chi connectivity index (χ3v) is 9.16. The second kappa shape index (κ2) is 21.3. The number of ether oxygens (including phenoxy) is 2. The monoisotopic (exact) mass is 718 g/mol. The fourth-order valence-corrected chi connectivity index (χ4v) is 5.85. The lowest BCUT2D eigenvalue weighted by atomic mass is 10.0. The first kappa shape index (κ1) is 40.5. The first-order chi connectivity index (χ1) is 25.8. The van der Waals surface area contributed by atoms with Gasteiger partial charge in [-0.25, -0.2) is 9.59 Å². The Hall–Kier alpha value is -5.24. The highest BCUT2D eigenvalue weighted by atomic mass is 16.5. The Morgan fingerprint density at radius 1 is 0.415 bits per heavy atom. The maximum Gasteiger partial charge on any atom is 0.343 e. The molecule has 0 spiro atoms. The summed E-state index contributed by atoms with van der Waals surface area (Å²) in [6, 6.07) is 27.3. The van der Waals surface area contributed by atoms with Crippen LogP contribution in [0.25, 0.3) is 0 Å². The van der Waals surface area contributed by atoms with Gasteiger partial charge >= 0.3 is 11.9 Å². The van der Waals surface area contributed by atoms with E-state index in [2.05, 4.69) is 37.5 Å². The van der Waals surface area contributed by atoms with E-state index in [-0.39, 0.29) is 18.0 Å². The average Bonchev–Trinajstić information content (AvgIpc) is 3.18. The number of nitrogens with zero attached hydrogens (tertiary/aromatic N) is 2. The molecule has 0 amide bonds. The van der Waals surface area contributed by atoms with Crippen LogP contribution in [0.3, 0.4) is 0 Å². The maximum atomic E-state index is 12.9. The number of carbonyl (C=O) groups is 4. The van der Waals surface area contributed by atoms with Crippen LogP contribution in [0.15, 0.2) is 97.1 Å². The molecule has 0 unspecified atom stereocenters. The van der Waals surface area contributed by atoms with Crippen LogP contribution in [0, 0.1) is 0 Å². The molecule has 0 heterocycles. The molecule has 0 saturated carbocycles. The van der Waals surface area contributed by atoms with Gasteiger partial charge in [0, 0.05) is 48.7 Å². The number of hydrogen-bond donors (Lipinski definition) is 0. The number of anilines is 2. The lowest BCUT2D eigenvalue weighted by molar-refractivity contribution is 0.0725. The molecule has 4 aromatic rings. The van der Waals surface area contributed by atoms with Gasteiger partial charge in [0.05, 0.1) is 17.5 Å². The molecule has 0 aliphatic carbocycles. The van der Waals surface area contributed by atoms with Crippen LogP contribution in [0.1, 0.15) is 127 Å². The van der Waals surface area contributed by atoms with E-state index in [4.69, 9.17) is 9.47 Å². The standard InChI is InChI=1S/C45H54N2O6/c1-5-9-29-46(30-10-6-2)38-21-13-36(14-22-38)44(50)52-40-25-17-34(18-26-40)42(48)33-43(49)35-19-27-41(28-20-35)53-45(51)37-15-23-39(24-16-37)47(31-11-7-3)32-12-8-4/h13-28H,5-12,29-33H2,1-4H3. The second-order valence-electron chi connectivity index (χ2n) is 13.3. The second-order valence-corrected chi connectivity index (χ2v) is 13.3. The molecule has 53 heavy (non-hydrogen) atoms. The SMILES string of the molecule is CCCCN(CCCC)c1ccc(C(=O)Oc2ccc(C(=O)CC(=O)c3ccc(OC(=O)c4ccc(N(CCCC)CCCC)cc4)cc3)cc2)cc1. The van der Waals surface area contributed by atoms with Crippen molar-refractivity contribution in [1.82, 2.24) is 0 Å². The van der Waals surface area contributed by atoms with Crippen molar-refractivity contribution in [1.29, 1.82) is 0 Å². The van der Waals surface area contributed by atoms with Crippen molar-refractivity contribution in [2.24, 2.45) is 0 Å². The maximum absolute atomic E-state index is 12.9. The van der Waals surface area contributed by atoms with Crippen molar-refractivity contribution in [3.05, 3.63) is 119 Å². The number of ketones is 2. The molecule has 0 atom stereocenters. The van der Waals surface area contributed by atoms with Gasteiger partial charge < -0.3 is 19.3 Å². The topological polar surface area (TPSA) is 93.2 Å². The summed E-state index contributed by atoms with van der Waals surface area (Å²) in [7, 11) is 0. The summed E-state index contributed by atoms with van der Waals surface area (Å²) in [6.45, 7) is 12.6. The minimum atomic E-state index is -0.488. The van der Waals surface area contributed by atoms with Crippen molar-refractivity contribution in [2.75, 3.05) is 36.0 Å². The molecule has 280 valence electrons. The van der Waals surface area contributed by atoms with E-state index in [0.717, 1.165) is 88.9 Å². The van der Waals surface area contributed by atoms with E-state index >= 15 is 0 Å². The summed E-state index contributed by atoms with van der Waals surface area (Å²) < 4.78 is 11.1. The van der Waals surface area contributed by atoms with E-state index in [9.17, 15) is 19.2 Å². The summed E-state index contributed by atoms with van der Waals surface area (Å²) >= 11 is 0. The van der Waals surface area contributed by atoms with Gasteiger partial charge in [-0.05, 0) is 123 Å². The van der Waals surface area contributed by atoms with E-state index in [1.807, 2.05) is 24.3 Å². The number of Topliss-reactive ketones (excluding diaryl/α,β-unsaturated/α-hetero) is 2. The third-order valence-electron chi connectivity index (χ3n) is 9.16. The quantitative estimate of drug-likeness (QED) is 0.0343. The molecule has 0 radical (unpaired) electrons. The minimum Gasteiger partial charge on any atom is -0.423 e. The Labute approximate surface area is 315 Å². The first-order valence-corrected chi connectivity index (χ1v) is 19.2. The molecule has 8 nitrogen and oxygen atoms in total. The molecule has 4 aromatic carbocycles. The zero-order valence-corrected chi connectivity index (χ0v) is 31.8. The van der Waals surface area contributed by atoms with Gasteiger partial charge in [0.25, 0.3) is 0 Å². The third kappa shape index (κ3) is 12.4. The summed E-state index contributed by atoms with van der Waals surface area (Å²) in [5, 5.41) is 0. The molecular formula is C45H54N2O6. The van der Waals surface area contributed by atoms with Crippen molar-refractivity contribution in [3.63, 3.8) is 0 Å². The van der Waals surface area contributed by atoms with Gasteiger partial charge in [0.1, 0.15) is 11.5 Å². The molecular weight excluding hydrogens is 665 g/mol. The minimum absolute atomic E-state index is 0.302. The predicted molar refractivity (Wildman–Crippen MR) is 213 cm³/mol. The van der Waals surface area contributed by atoms with Gasteiger partial charge in [-0.3, -0.25) is 9.59 Å². The van der Waals surface area contributed by atoms with E-state index in [0.29, 0.717) is 33.8 Å². The molecule has 8 heteroatoms. The Morgan fingerprint density at radius 3 is 0.981 bits per heavy atom. The van der Waals surface area contributed by atoms with Crippen molar-refractivity contribution in [2.45, 2.75) is 85.5 Å². The molecule has 0 aromatic heterocycles. The molecule has 0 bridgehead atoms. The zero-order chi connectivity index (χ0) is 38.0. The normalized spacial score (nSPS) is 10.8. The Balaban J connectivity index is 1.27. The van der Waals surface area contributed by atoms with Crippen LogP contribution in [-0.2, 0) is 0 Å². The number of esters is 2. The lowest BCUT2D eigenvalue weighted by Gasteiger charge is -2.24. The lowest BCUT2D eigenvalue weighted by Crippen LogP contribution is -2.25. The highest BCUT2D eigenvalue weighted by Gasteiger charge is 2.17. The van der Waals surface area contributed by atoms with Crippen LogP contribution >= 0.6 is 0 Å². The fraction of sp³-hybridized carbons (Fsp3) is 0.378. The Bertz CT molecular complexity index is 1600. The van der Waals surface area contributed by atoms with Crippen molar-refractivity contribution >= 4 is 34.9 Å². The van der Waals surface area contributed by atoms with Crippen LogP contribution in [-0.4, -0.2) is 49.7 Å². The molecule has 0 aliphatic rings. The summed E-state index contributed by atoms with van der Waals surface area (Å²) in [5.41, 5.74) is 3.71. The molecule has 0 aliphatic heterocycles. The molecule has 0 saturated heterocycles. The van der Waals surface area contributed by atoms with Gasteiger partial charge in [0.2, 0.25) is 0 Å². The Kier molecular flexibility index (Phi) is 16.3. The van der Waals surface area contributed by atoms with Crippen LogP contribution in [0.5, 0.6) is 11.5 Å². The largest absolute Gasteiger partial charge is 0.423 e. The van der Waals surface area contributed by atoms with Crippen LogP contribution in [0.4, 0.5) is 11.4 Å². The number of rotatable bonds is 22. The average molecular weight is 719 g/mol. The van der Waals surface area contributed by atoms with Crippen molar-refractivity contribution < 1.29 is 28.7 Å². The summed E-state index contributed by atoms with van der Waals surface area (Å²) in [6.07, 6.45) is 8.59. The molecule has 0 fully saturated rings. The van der Waals surface area contributed by atoms with E-state index in [1.54, 1.807) is 72.8 Å². The van der Waals surface area contributed by atoms with E-state index < -0.39 is 11.9 Å². The number of carbonyl (C=O) groups excluding carboxylic acids is 4. The van der Waals surface area contributed by atoms with Gasteiger partial charge in [-0.1, -0.05) is 53.4 Å². The van der Waals surface area contributed by atoms with Crippen molar-refractivity contribution in [3.8, 4) is 11.5 Å². The first-order valence-electron chi connectivity index (χ1n) is 19.2. The zero-order valence-electron chi connectivity index (χ0n) is 31.8. The smallest absolute Gasteiger partial charge is 0.343 e. The summed E-state index contributed by atoms with van der Waals surface area (Å²) in [4.78, 5) is 56.2. The highest BCUT2D eigenvalue weighted by Crippen LogP contribution is 2.22. The number of benzene rings is 4. The van der Waals surface area contributed by atoms with Crippen LogP contribution in [0.2, 0.25) is 0 Å². The molecule has 0 N–H and O–H groups in total. The van der Waals surface area contributed by atoms with Crippen LogP contribution < -0.4 is 19.3 Å². The summed E-state index contributed by atoms with van der Waals surface area (Å²) in [5.74, 6) is -1.09. The Morgan fingerprint density at radius 2 is 0.698 bits per heavy atom.